The third-order valence-electron chi connectivity index (χ3n) is 4.74. The van der Waals surface area contributed by atoms with Crippen LogP contribution in [0.1, 0.15) is 44.9 Å². The summed E-state index contributed by atoms with van der Waals surface area (Å²) in [6.07, 6.45) is 0. The lowest BCUT2D eigenvalue weighted by Crippen LogP contribution is -2.46. The summed E-state index contributed by atoms with van der Waals surface area (Å²) in [6, 6.07) is 12.6. The van der Waals surface area contributed by atoms with Gasteiger partial charge in [0.25, 0.3) is 0 Å². The molecule has 154 valence electrons. The molecule has 0 unspecified atom stereocenters. The molecule has 1 heterocycles. The van der Waals surface area contributed by atoms with Crippen LogP contribution in [-0.2, 0) is 6.54 Å². The van der Waals surface area contributed by atoms with Crippen molar-refractivity contribution in [3.05, 3.63) is 58.6 Å². The van der Waals surface area contributed by atoms with Crippen LogP contribution in [0, 0.1) is 0 Å². The Balaban J connectivity index is 1.90. The molecule has 3 rings (SSSR count). The molecular formula is C22H27ClN4O2. The average molecular weight is 415 g/mol. The Morgan fingerprint density at radius 2 is 1.90 bits per heavy atom. The molecule has 6 nitrogen and oxygen atoms in total. The number of nitrogens with one attached hydrogen (secondary N) is 2. The highest BCUT2D eigenvalue weighted by molar-refractivity contribution is 6.30. The van der Waals surface area contributed by atoms with E-state index in [0.29, 0.717) is 17.3 Å². The number of urea groups is 2. The first-order valence-electron chi connectivity index (χ1n) is 9.57. The maximum Gasteiger partial charge on any atom is 0.325 e. The summed E-state index contributed by atoms with van der Waals surface area (Å²) in [6.45, 7) is 8.23. The summed E-state index contributed by atoms with van der Waals surface area (Å²) in [7, 11) is 1.77. The first-order valence-corrected chi connectivity index (χ1v) is 9.95. The monoisotopic (exact) mass is 414 g/mol. The van der Waals surface area contributed by atoms with Gasteiger partial charge in [-0.15, -0.1) is 0 Å². The Morgan fingerprint density at radius 1 is 1.17 bits per heavy atom. The van der Waals surface area contributed by atoms with E-state index >= 15 is 0 Å². The van der Waals surface area contributed by atoms with Gasteiger partial charge in [-0.05, 0) is 69.2 Å². The number of halogens is 1. The topological polar surface area (TPSA) is 64.7 Å². The average Bonchev–Trinajstić information content (AvgIpc) is 2.61. The smallest absolute Gasteiger partial charge is 0.325 e. The lowest BCUT2D eigenvalue weighted by atomic mass is 10.0. The van der Waals surface area contributed by atoms with Crippen LogP contribution in [0.4, 0.5) is 21.0 Å². The van der Waals surface area contributed by atoms with E-state index in [2.05, 4.69) is 10.6 Å². The van der Waals surface area contributed by atoms with Gasteiger partial charge < -0.3 is 15.5 Å². The van der Waals surface area contributed by atoms with Gasteiger partial charge in [-0.3, -0.25) is 4.90 Å². The van der Waals surface area contributed by atoms with Crippen LogP contribution in [0.2, 0.25) is 5.02 Å². The molecule has 1 aliphatic rings. The fourth-order valence-corrected chi connectivity index (χ4v) is 3.63. The zero-order chi connectivity index (χ0) is 21.3. The standard InChI is InChI=1S/C22H27ClN4O2/c1-14(15-7-6-8-17(23)11-15)27-19-10-9-18(24-20(28)25-22(2,3)4)12-16(19)13-26(5)21(27)29/h6-12,14H,13H2,1-5H3,(H2,24,25,28)/t14-/m1/s1. The summed E-state index contributed by atoms with van der Waals surface area (Å²) < 4.78 is 0. The highest BCUT2D eigenvalue weighted by Crippen LogP contribution is 2.36. The van der Waals surface area contributed by atoms with E-state index in [1.165, 1.54) is 0 Å². The molecule has 1 aliphatic heterocycles. The second kappa shape index (κ2) is 7.95. The maximum absolute atomic E-state index is 12.9. The lowest BCUT2D eigenvalue weighted by Gasteiger charge is -2.39. The van der Waals surface area contributed by atoms with Crippen molar-refractivity contribution >= 4 is 35.0 Å². The third kappa shape index (κ3) is 4.82. The molecule has 0 aromatic heterocycles. The summed E-state index contributed by atoms with van der Waals surface area (Å²) in [5.41, 5.74) is 3.12. The highest BCUT2D eigenvalue weighted by atomic mass is 35.5. The Morgan fingerprint density at radius 3 is 2.55 bits per heavy atom. The number of rotatable bonds is 3. The van der Waals surface area contributed by atoms with E-state index in [4.69, 9.17) is 11.6 Å². The molecule has 0 aliphatic carbocycles. The number of carbonyl (C=O) groups is 2. The third-order valence-corrected chi connectivity index (χ3v) is 4.98. The molecule has 2 N–H and O–H groups in total. The minimum absolute atomic E-state index is 0.0730. The zero-order valence-corrected chi connectivity index (χ0v) is 18.2. The van der Waals surface area contributed by atoms with Crippen molar-refractivity contribution in [1.82, 2.24) is 10.2 Å². The van der Waals surface area contributed by atoms with Gasteiger partial charge in [0.15, 0.2) is 0 Å². The minimum atomic E-state index is -0.325. The van der Waals surface area contributed by atoms with Gasteiger partial charge in [-0.2, -0.15) is 0 Å². The maximum atomic E-state index is 12.9. The fraction of sp³-hybridized carbons (Fsp3) is 0.364. The van der Waals surface area contributed by atoms with E-state index in [9.17, 15) is 9.59 Å². The van der Waals surface area contributed by atoms with Gasteiger partial charge in [0.2, 0.25) is 0 Å². The van der Waals surface area contributed by atoms with Gasteiger partial charge in [0.05, 0.1) is 11.7 Å². The zero-order valence-electron chi connectivity index (χ0n) is 17.4. The van der Waals surface area contributed by atoms with Crippen molar-refractivity contribution in [2.75, 3.05) is 17.3 Å². The number of hydrogen-bond acceptors (Lipinski definition) is 2. The van der Waals surface area contributed by atoms with Crippen molar-refractivity contribution in [1.29, 1.82) is 0 Å². The summed E-state index contributed by atoms with van der Waals surface area (Å²) in [5, 5.41) is 6.38. The number of hydrogen-bond donors (Lipinski definition) is 2. The SMILES string of the molecule is C[C@H](c1cccc(Cl)c1)N1C(=O)N(C)Cc2cc(NC(=O)NC(C)(C)C)ccc21. The van der Waals surface area contributed by atoms with Crippen molar-refractivity contribution in [2.24, 2.45) is 0 Å². The molecule has 0 radical (unpaired) electrons. The summed E-state index contributed by atoms with van der Waals surface area (Å²) >= 11 is 6.15. The number of amides is 4. The quantitative estimate of drug-likeness (QED) is 0.706. The number of fused-ring (bicyclic) bond motifs is 1. The Hall–Kier alpha value is -2.73. The molecular weight excluding hydrogens is 388 g/mol. The van der Waals surface area contributed by atoms with Gasteiger partial charge in [-0.1, -0.05) is 23.7 Å². The molecule has 0 fully saturated rings. The normalized spacial score (nSPS) is 15.0. The van der Waals surface area contributed by atoms with Crippen molar-refractivity contribution in [3.8, 4) is 0 Å². The lowest BCUT2D eigenvalue weighted by molar-refractivity contribution is 0.208. The van der Waals surface area contributed by atoms with E-state index < -0.39 is 0 Å². The summed E-state index contributed by atoms with van der Waals surface area (Å²) in [5.74, 6) is 0. The van der Waals surface area contributed by atoms with Crippen molar-refractivity contribution in [2.45, 2.75) is 45.8 Å². The molecule has 0 saturated heterocycles. The molecule has 2 aromatic rings. The highest BCUT2D eigenvalue weighted by Gasteiger charge is 2.32. The Labute approximate surface area is 176 Å². The minimum Gasteiger partial charge on any atom is -0.333 e. The predicted octanol–water partition coefficient (Wildman–Crippen LogP) is 5.39. The van der Waals surface area contributed by atoms with Gasteiger partial charge in [0.1, 0.15) is 0 Å². The van der Waals surface area contributed by atoms with E-state index in [0.717, 1.165) is 16.8 Å². The molecule has 0 bridgehead atoms. The summed E-state index contributed by atoms with van der Waals surface area (Å²) in [4.78, 5) is 28.6. The Kier molecular flexibility index (Phi) is 5.75. The first-order chi connectivity index (χ1) is 13.5. The molecule has 0 saturated carbocycles. The van der Waals surface area contributed by atoms with Crippen LogP contribution in [-0.4, -0.2) is 29.5 Å². The second-order valence-corrected chi connectivity index (χ2v) is 8.85. The van der Waals surface area contributed by atoms with Crippen molar-refractivity contribution < 1.29 is 9.59 Å². The number of anilines is 2. The van der Waals surface area contributed by atoms with Crippen LogP contribution in [0.3, 0.4) is 0 Å². The van der Waals surface area contributed by atoms with E-state index in [1.54, 1.807) is 16.8 Å². The van der Waals surface area contributed by atoms with Gasteiger partial charge in [0, 0.05) is 29.8 Å². The molecule has 29 heavy (non-hydrogen) atoms. The van der Waals surface area contributed by atoms with E-state index in [1.807, 2.05) is 70.2 Å². The van der Waals surface area contributed by atoms with Crippen LogP contribution in [0.15, 0.2) is 42.5 Å². The largest absolute Gasteiger partial charge is 0.333 e. The second-order valence-electron chi connectivity index (χ2n) is 8.41. The van der Waals surface area contributed by atoms with Gasteiger partial charge >= 0.3 is 12.1 Å². The molecule has 2 aromatic carbocycles. The molecule has 1 atom stereocenters. The first kappa shape index (κ1) is 21.0. The van der Waals surface area contributed by atoms with Crippen LogP contribution < -0.4 is 15.5 Å². The molecule has 7 heteroatoms. The number of carbonyl (C=O) groups excluding carboxylic acids is 2. The molecule has 0 spiro atoms. The van der Waals surface area contributed by atoms with Crippen LogP contribution in [0.25, 0.3) is 0 Å². The van der Waals surface area contributed by atoms with Crippen molar-refractivity contribution in [3.63, 3.8) is 0 Å². The van der Waals surface area contributed by atoms with Crippen LogP contribution >= 0.6 is 11.6 Å². The van der Waals surface area contributed by atoms with E-state index in [-0.39, 0.29) is 23.6 Å². The predicted molar refractivity (Wildman–Crippen MR) is 118 cm³/mol. The van der Waals surface area contributed by atoms with Crippen LogP contribution in [0.5, 0.6) is 0 Å². The number of benzene rings is 2. The fourth-order valence-electron chi connectivity index (χ4n) is 3.43. The van der Waals surface area contributed by atoms with Gasteiger partial charge in [-0.25, -0.2) is 9.59 Å². The molecule has 4 amide bonds. The number of nitrogens with zero attached hydrogens (tertiary/aromatic N) is 2. The Bertz CT molecular complexity index is 939.